The van der Waals surface area contributed by atoms with Crippen LogP contribution in [-0.4, -0.2) is 28.6 Å². The van der Waals surface area contributed by atoms with Crippen LogP contribution >= 0.6 is 11.8 Å². The van der Waals surface area contributed by atoms with Crippen LogP contribution in [0.25, 0.3) is 0 Å². The van der Waals surface area contributed by atoms with Crippen molar-refractivity contribution in [2.75, 3.05) is 12.9 Å². The van der Waals surface area contributed by atoms with E-state index in [1.807, 2.05) is 11.8 Å². The second-order valence-electron chi connectivity index (χ2n) is 3.34. The van der Waals surface area contributed by atoms with E-state index < -0.39 is 0 Å². The SMILES string of the molecule is COc1nc(C(C)=O)nc2c1CSCC2. The minimum atomic E-state index is -0.116. The number of Topliss-reactive ketones (excluding diaryl/α,β-unsaturated/α-hetero) is 1. The highest BCUT2D eigenvalue weighted by atomic mass is 32.2. The largest absolute Gasteiger partial charge is 0.481 e. The summed E-state index contributed by atoms with van der Waals surface area (Å²) >= 11 is 1.84. The predicted molar refractivity (Wildman–Crippen MR) is 58.5 cm³/mol. The zero-order valence-electron chi connectivity index (χ0n) is 8.74. The molecular formula is C10H12N2O2S. The summed E-state index contributed by atoms with van der Waals surface area (Å²) < 4.78 is 5.19. The van der Waals surface area contributed by atoms with Gasteiger partial charge in [-0.15, -0.1) is 0 Å². The van der Waals surface area contributed by atoms with Gasteiger partial charge in [0.2, 0.25) is 5.88 Å². The Hall–Kier alpha value is -1.10. The summed E-state index contributed by atoms with van der Waals surface area (Å²) in [5, 5.41) is 0. The number of ketones is 1. The van der Waals surface area contributed by atoms with Crippen LogP contribution < -0.4 is 4.74 Å². The average Bonchev–Trinajstić information content (AvgIpc) is 2.27. The van der Waals surface area contributed by atoms with Crippen LogP contribution in [0.5, 0.6) is 5.88 Å². The zero-order chi connectivity index (χ0) is 10.8. The first-order valence-electron chi connectivity index (χ1n) is 4.75. The molecule has 1 aromatic heterocycles. The van der Waals surface area contributed by atoms with E-state index in [-0.39, 0.29) is 11.6 Å². The topological polar surface area (TPSA) is 52.1 Å². The molecule has 0 aliphatic carbocycles. The van der Waals surface area contributed by atoms with Gasteiger partial charge in [-0.3, -0.25) is 4.79 Å². The molecule has 0 atom stereocenters. The van der Waals surface area contributed by atoms with E-state index in [9.17, 15) is 4.79 Å². The van der Waals surface area contributed by atoms with Crippen molar-refractivity contribution in [1.82, 2.24) is 9.97 Å². The van der Waals surface area contributed by atoms with Crippen LogP contribution in [0.1, 0.15) is 28.8 Å². The lowest BCUT2D eigenvalue weighted by Gasteiger charge is -2.17. The fourth-order valence-corrected chi connectivity index (χ4v) is 2.50. The van der Waals surface area contributed by atoms with Crippen molar-refractivity contribution in [3.05, 3.63) is 17.1 Å². The Balaban J connectivity index is 2.52. The molecule has 1 aliphatic heterocycles. The summed E-state index contributed by atoms with van der Waals surface area (Å²) in [7, 11) is 1.58. The molecule has 0 fully saturated rings. The van der Waals surface area contributed by atoms with Crippen molar-refractivity contribution in [3.8, 4) is 5.88 Å². The molecule has 0 unspecified atom stereocenters. The third-order valence-corrected chi connectivity index (χ3v) is 3.28. The smallest absolute Gasteiger partial charge is 0.221 e. The Kier molecular flexibility index (Phi) is 2.90. The Labute approximate surface area is 92.5 Å². The summed E-state index contributed by atoms with van der Waals surface area (Å²) in [5.41, 5.74) is 2.00. The van der Waals surface area contributed by atoms with Crippen molar-refractivity contribution < 1.29 is 9.53 Å². The number of carbonyl (C=O) groups excluding carboxylic acids is 1. The number of carbonyl (C=O) groups is 1. The van der Waals surface area contributed by atoms with Crippen molar-refractivity contribution in [1.29, 1.82) is 0 Å². The second-order valence-corrected chi connectivity index (χ2v) is 4.45. The highest BCUT2D eigenvalue weighted by Gasteiger charge is 2.19. The van der Waals surface area contributed by atoms with Gasteiger partial charge < -0.3 is 4.74 Å². The summed E-state index contributed by atoms with van der Waals surface area (Å²) in [6.07, 6.45) is 0.888. The van der Waals surface area contributed by atoms with Gasteiger partial charge in [0, 0.05) is 18.2 Å². The number of hydrogen-bond donors (Lipinski definition) is 0. The normalized spacial score (nSPS) is 14.5. The average molecular weight is 224 g/mol. The molecule has 0 saturated carbocycles. The molecule has 0 amide bonds. The third kappa shape index (κ3) is 1.97. The van der Waals surface area contributed by atoms with Gasteiger partial charge in [0.15, 0.2) is 11.6 Å². The Bertz CT molecular complexity index is 389. The first kappa shape index (κ1) is 10.4. The minimum Gasteiger partial charge on any atom is -0.481 e. The number of aryl methyl sites for hydroxylation is 1. The Morgan fingerprint density at radius 1 is 1.47 bits per heavy atom. The zero-order valence-corrected chi connectivity index (χ0v) is 9.56. The molecule has 80 valence electrons. The minimum absolute atomic E-state index is 0.116. The first-order valence-corrected chi connectivity index (χ1v) is 5.90. The molecule has 4 nitrogen and oxygen atoms in total. The molecule has 5 heteroatoms. The fourth-order valence-electron chi connectivity index (χ4n) is 1.53. The number of rotatable bonds is 2. The van der Waals surface area contributed by atoms with Gasteiger partial charge in [-0.05, 0) is 12.2 Å². The highest BCUT2D eigenvalue weighted by molar-refractivity contribution is 7.98. The van der Waals surface area contributed by atoms with Crippen molar-refractivity contribution >= 4 is 17.5 Å². The van der Waals surface area contributed by atoms with Crippen LogP contribution in [-0.2, 0) is 12.2 Å². The Morgan fingerprint density at radius 3 is 2.93 bits per heavy atom. The summed E-state index contributed by atoms with van der Waals surface area (Å²) in [6, 6.07) is 0. The van der Waals surface area contributed by atoms with Gasteiger partial charge in [-0.1, -0.05) is 0 Å². The quantitative estimate of drug-likeness (QED) is 0.712. The summed E-state index contributed by atoms with van der Waals surface area (Å²) in [5.74, 6) is 2.62. The molecule has 0 N–H and O–H groups in total. The van der Waals surface area contributed by atoms with E-state index in [1.165, 1.54) is 6.92 Å². The lowest BCUT2D eigenvalue weighted by Crippen LogP contribution is -2.13. The molecule has 2 heterocycles. The van der Waals surface area contributed by atoms with E-state index in [0.717, 1.165) is 29.2 Å². The van der Waals surface area contributed by atoms with Crippen molar-refractivity contribution in [2.24, 2.45) is 0 Å². The molecule has 1 aromatic rings. The van der Waals surface area contributed by atoms with E-state index in [0.29, 0.717) is 5.88 Å². The Morgan fingerprint density at radius 2 is 2.27 bits per heavy atom. The molecule has 0 radical (unpaired) electrons. The number of methoxy groups -OCH3 is 1. The second kappa shape index (κ2) is 4.18. The molecule has 0 saturated heterocycles. The maximum absolute atomic E-state index is 11.2. The van der Waals surface area contributed by atoms with Gasteiger partial charge in [-0.25, -0.2) is 4.98 Å². The van der Waals surface area contributed by atoms with Gasteiger partial charge in [0.25, 0.3) is 0 Å². The van der Waals surface area contributed by atoms with Gasteiger partial charge in [0.1, 0.15) is 0 Å². The maximum atomic E-state index is 11.2. The molecule has 1 aliphatic rings. The standard InChI is InChI=1S/C10H12N2O2S/c1-6(13)9-11-8-3-4-15-5-7(8)10(12-9)14-2/h3-5H2,1-2H3. The molecule has 0 spiro atoms. The first-order chi connectivity index (χ1) is 7.22. The van der Waals surface area contributed by atoms with E-state index in [4.69, 9.17) is 4.74 Å². The monoisotopic (exact) mass is 224 g/mol. The van der Waals surface area contributed by atoms with Gasteiger partial charge >= 0.3 is 0 Å². The van der Waals surface area contributed by atoms with Crippen LogP contribution in [0.4, 0.5) is 0 Å². The van der Waals surface area contributed by atoms with Crippen LogP contribution in [0.15, 0.2) is 0 Å². The van der Waals surface area contributed by atoms with Crippen molar-refractivity contribution in [3.63, 3.8) is 0 Å². The van der Waals surface area contributed by atoms with Gasteiger partial charge in [-0.2, -0.15) is 16.7 Å². The number of thioether (sulfide) groups is 1. The van der Waals surface area contributed by atoms with E-state index in [1.54, 1.807) is 7.11 Å². The number of hydrogen-bond acceptors (Lipinski definition) is 5. The lowest BCUT2D eigenvalue weighted by molar-refractivity contribution is 0.100. The van der Waals surface area contributed by atoms with Crippen LogP contribution in [0.3, 0.4) is 0 Å². The maximum Gasteiger partial charge on any atom is 0.221 e. The number of ether oxygens (including phenoxy) is 1. The third-order valence-electron chi connectivity index (χ3n) is 2.29. The molecule has 0 bridgehead atoms. The molecular weight excluding hydrogens is 212 g/mol. The molecule has 0 aromatic carbocycles. The summed E-state index contributed by atoms with van der Waals surface area (Å²) in [4.78, 5) is 19.6. The van der Waals surface area contributed by atoms with Gasteiger partial charge in [0.05, 0.1) is 12.8 Å². The number of aromatic nitrogens is 2. The van der Waals surface area contributed by atoms with E-state index >= 15 is 0 Å². The van der Waals surface area contributed by atoms with Crippen LogP contribution in [0, 0.1) is 0 Å². The number of fused-ring (bicyclic) bond motifs is 1. The molecule has 15 heavy (non-hydrogen) atoms. The van der Waals surface area contributed by atoms with Crippen LogP contribution in [0.2, 0.25) is 0 Å². The number of nitrogens with zero attached hydrogens (tertiary/aromatic N) is 2. The predicted octanol–water partition coefficient (Wildman–Crippen LogP) is 1.48. The summed E-state index contributed by atoms with van der Waals surface area (Å²) in [6.45, 7) is 1.47. The fraction of sp³-hybridized carbons (Fsp3) is 0.500. The molecule has 2 rings (SSSR count). The lowest BCUT2D eigenvalue weighted by atomic mass is 10.2. The van der Waals surface area contributed by atoms with Crippen molar-refractivity contribution in [2.45, 2.75) is 19.1 Å². The highest BCUT2D eigenvalue weighted by Crippen LogP contribution is 2.29. The van der Waals surface area contributed by atoms with E-state index in [2.05, 4.69) is 9.97 Å².